The summed E-state index contributed by atoms with van der Waals surface area (Å²) in [5.74, 6) is -0.106. The topological polar surface area (TPSA) is 53.2 Å². The Labute approximate surface area is 77.9 Å². The molecule has 0 spiro atoms. The van der Waals surface area contributed by atoms with E-state index in [9.17, 15) is 0 Å². The Balaban J connectivity index is 2.53. The lowest BCUT2D eigenvalue weighted by atomic mass is 10.0. The summed E-state index contributed by atoms with van der Waals surface area (Å²) in [6, 6.07) is 2.18. The van der Waals surface area contributed by atoms with Gasteiger partial charge in [0.1, 0.15) is 0 Å². The van der Waals surface area contributed by atoms with Crippen molar-refractivity contribution in [1.82, 2.24) is 0 Å². The zero-order valence-corrected chi connectivity index (χ0v) is 7.39. The van der Waals surface area contributed by atoms with Crippen LogP contribution in [0.5, 0.6) is 0 Å². The lowest BCUT2D eigenvalue weighted by Crippen LogP contribution is -2.10. The molecule has 13 heavy (non-hydrogen) atoms. The van der Waals surface area contributed by atoms with Crippen molar-refractivity contribution in [2.24, 2.45) is 5.92 Å². The van der Waals surface area contributed by atoms with Gasteiger partial charge >= 0.3 is 0 Å². The zero-order chi connectivity index (χ0) is 9.68. The van der Waals surface area contributed by atoms with Gasteiger partial charge in [0.2, 0.25) is 0 Å². The van der Waals surface area contributed by atoms with Crippen LogP contribution < -0.4 is 0 Å². The highest BCUT2D eigenvalue weighted by atomic mass is 16.5. The maximum absolute atomic E-state index is 8.76. The Kier molecular flexibility index (Phi) is 3.69. The molecule has 0 aromatic heterocycles. The normalized spacial score (nSPS) is 33.4. The molecule has 0 bridgehead atoms. The van der Waals surface area contributed by atoms with Crippen molar-refractivity contribution in [3.05, 3.63) is 24.8 Å². The molecule has 1 heterocycles. The Bertz CT molecular complexity index is 242. The highest BCUT2D eigenvalue weighted by molar-refractivity contribution is 5.06. The van der Waals surface area contributed by atoms with Crippen LogP contribution in [0.4, 0.5) is 0 Å². The van der Waals surface area contributed by atoms with Crippen molar-refractivity contribution in [3.8, 4) is 6.07 Å². The maximum Gasteiger partial charge on any atom is 0.0920 e. The second kappa shape index (κ2) is 4.80. The molecule has 1 saturated heterocycles. The predicted octanol–water partition coefficient (Wildman–Crippen LogP) is 1.02. The summed E-state index contributed by atoms with van der Waals surface area (Å²) >= 11 is 0. The van der Waals surface area contributed by atoms with E-state index in [1.54, 1.807) is 18.2 Å². The SMILES string of the molecule is C=C[C@@H]1O[C@H](/C=C\CO)C[C@@H]1C#N. The van der Waals surface area contributed by atoms with Crippen molar-refractivity contribution in [3.63, 3.8) is 0 Å². The van der Waals surface area contributed by atoms with Crippen molar-refractivity contribution in [2.45, 2.75) is 18.6 Å². The summed E-state index contributed by atoms with van der Waals surface area (Å²) in [5, 5.41) is 17.3. The Hall–Kier alpha value is -1.11. The fraction of sp³-hybridized carbons (Fsp3) is 0.500. The van der Waals surface area contributed by atoms with E-state index in [-0.39, 0.29) is 24.7 Å². The van der Waals surface area contributed by atoms with Gasteiger partial charge in [-0.05, 0) is 6.42 Å². The van der Waals surface area contributed by atoms with Crippen LogP contribution in [0.3, 0.4) is 0 Å². The zero-order valence-electron chi connectivity index (χ0n) is 7.39. The number of hydrogen-bond acceptors (Lipinski definition) is 3. The van der Waals surface area contributed by atoms with Gasteiger partial charge in [-0.1, -0.05) is 18.2 Å². The first-order valence-electron chi connectivity index (χ1n) is 4.27. The summed E-state index contributed by atoms with van der Waals surface area (Å²) in [5.41, 5.74) is 0. The molecule has 0 amide bonds. The minimum atomic E-state index is -0.168. The lowest BCUT2D eigenvalue weighted by Gasteiger charge is -2.06. The average molecular weight is 179 g/mol. The van der Waals surface area contributed by atoms with Crippen LogP contribution in [-0.4, -0.2) is 23.9 Å². The molecule has 1 aliphatic rings. The number of hydrogen-bond donors (Lipinski definition) is 1. The molecule has 0 unspecified atom stereocenters. The highest BCUT2D eigenvalue weighted by Gasteiger charge is 2.31. The van der Waals surface area contributed by atoms with Crippen LogP contribution in [-0.2, 0) is 4.74 Å². The third-order valence-corrected chi connectivity index (χ3v) is 2.07. The van der Waals surface area contributed by atoms with Crippen molar-refractivity contribution >= 4 is 0 Å². The van der Waals surface area contributed by atoms with Gasteiger partial charge < -0.3 is 9.84 Å². The summed E-state index contributed by atoms with van der Waals surface area (Å²) in [6.45, 7) is 3.62. The second-order valence-electron chi connectivity index (χ2n) is 2.96. The number of nitriles is 1. The molecule has 1 fully saturated rings. The van der Waals surface area contributed by atoms with Gasteiger partial charge in [-0.2, -0.15) is 5.26 Å². The van der Waals surface area contributed by atoms with Crippen LogP contribution in [0, 0.1) is 17.2 Å². The van der Waals surface area contributed by atoms with Gasteiger partial charge in [0.15, 0.2) is 0 Å². The van der Waals surface area contributed by atoms with Crippen LogP contribution >= 0.6 is 0 Å². The van der Waals surface area contributed by atoms with E-state index in [2.05, 4.69) is 12.6 Å². The quantitative estimate of drug-likeness (QED) is 0.658. The van der Waals surface area contributed by atoms with Gasteiger partial charge in [-0.25, -0.2) is 0 Å². The fourth-order valence-electron chi connectivity index (χ4n) is 1.42. The summed E-state index contributed by atoms with van der Waals surface area (Å²) in [4.78, 5) is 0. The monoisotopic (exact) mass is 179 g/mol. The number of rotatable bonds is 3. The number of aliphatic hydroxyl groups excluding tert-OH is 1. The van der Waals surface area contributed by atoms with E-state index >= 15 is 0 Å². The van der Waals surface area contributed by atoms with Crippen LogP contribution in [0.2, 0.25) is 0 Å². The van der Waals surface area contributed by atoms with Crippen LogP contribution in [0.15, 0.2) is 24.8 Å². The number of nitrogens with zero attached hydrogens (tertiary/aromatic N) is 1. The van der Waals surface area contributed by atoms with Crippen molar-refractivity contribution in [2.75, 3.05) is 6.61 Å². The molecule has 3 nitrogen and oxygen atoms in total. The van der Waals surface area contributed by atoms with E-state index in [0.717, 1.165) is 0 Å². The summed E-state index contributed by atoms with van der Waals surface area (Å²) in [6.07, 6.45) is 5.53. The highest BCUT2D eigenvalue weighted by Crippen LogP contribution is 2.27. The Morgan fingerprint density at radius 2 is 2.46 bits per heavy atom. The first kappa shape index (κ1) is 9.97. The van der Waals surface area contributed by atoms with Gasteiger partial charge in [-0.3, -0.25) is 0 Å². The van der Waals surface area contributed by atoms with E-state index in [1.807, 2.05) is 0 Å². The van der Waals surface area contributed by atoms with Gasteiger partial charge in [0.05, 0.1) is 30.8 Å². The molecule has 0 aromatic carbocycles. The third-order valence-electron chi connectivity index (χ3n) is 2.07. The molecular formula is C10H13NO2. The molecule has 0 saturated carbocycles. The molecule has 0 aromatic rings. The molecule has 1 rings (SSSR count). The van der Waals surface area contributed by atoms with Crippen LogP contribution in [0.1, 0.15) is 6.42 Å². The fourth-order valence-corrected chi connectivity index (χ4v) is 1.42. The Morgan fingerprint density at radius 1 is 1.69 bits per heavy atom. The largest absolute Gasteiger partial charge is 0.392 e. The lowest BCUT2D eigenvalue weighted by molar-refractivity contribution is 0.0943. The van der Waals surface area contributed by atoms with E-state index in [4.69, 9.17) is 15.1 Å². The average Bonchev–Trinajstić information content (AvgIpc) is 2.57. The van der Waals surface area contributed by atoms with E-state index in [0.29, 0.717) is 6.42 Å². The van der Waals surface area contributed by atoms with Crippen molar-refractivity contribution in [1.29, 1.82) is 5.26 Å². The van der Waals surface area contributed by atoms with Crippen molar-refractivity contribution < 1.29 is 9.84 Å². The second-order valence-corrected chi connectivity index (χ2v) is 2.96. The minimum Gasteiger partial charge on any atom is -0.392 e. The molecule has 1 aliphatic heterocycles. The minimum absolute atomic E-state index is 0.00976. The first-order chi connectivity index (χ1) is 6.31. The number of aliphatic hydroxyl groups is 1. The molecule has 3 atom stereocenters. The number of ether oxygens (including phenoxy) is 1. The molecule has 0 aliphatic carbocycles. The van der Waals surface area contributed by atoms with Crippen LogP contribution in [0.25, 0.3) is 0 Å². The van der Waals surface area contributed by atoms with E-state index in [1.165, 1.54) is 0 Å². The smallest absolute Gasteiger partial charge is 0.0920 e. The molecule has 3 heteroatoms. The predicted molar refractivity (Wildman–Crippen MR) is 48.8 cm³/mol. The molecular weight excluding hydrogens is 166 g/mol. The van der Waals surface area contributed by atoms with E-state index < -0.39 is 0 Å². The Morgan fingerprint density at radius 3 is 2.92 bits per heavy atom. The van der Waals surface area contributed by atoms with Gasteiger partial charge in [-0.15, -0.1) is 6.58 Å². The van der Waals surface area contributed by atoms with Gasteiger partial charge in [0.25, 0.3) is 0 Å². The summed E-state index contributed by atoms with van der Waals surface area (Å²) in [7, 11) is 0. The first-order valence-corrected chi connectivity index (χ1v) is 4.27. The molecule has 0 radical (unpaired) electrons. The molecule has 1 N–H and O–H groups in total. The van der Waals surface area contributed by atoms with Gasteiger partial charge in [0, 0.05) is 0 Å². The standard InChI is InChI=1S/C10H13NO2/c1-2-10-8(7-11)6-9(13-10)4-3-5-12/h2-4,8-10,12H,1,5-6H2/b4-3-/t8-,9-,10+/m1/s1. The summed E-state index contributed by atoms with van der Waals surface area (Å²) < 4.78 is 5.48. The maximum atomic E-state index is 8.76. The molecule has 70 valence electrons. The third kappa shape index (κ3) is 2.41.